The summed E-state index contributed by atoms with van der Waals surface area (Å²) in [6, 6.07) is 6.25. The maximum atomic E-state index is 11.4. The van der Waals surface area contributed by atoms with Crippen molar-refractivity contribution in [3.05, 3.63) is 54.1 Å². The number of aromatic nitrogens is 2. The summed E-state index contributed by atoms with van der Waals surface area (Å²) in [5, 5.41) is 2.92. The van der Waals surface area contributed by atoms with Gasteiger partial charge in [0, 0.05) is 31.0 Å². The Kier molecular flexibility index (Phi) is 3.37. The molecule has 1 amide bonds. The summed E-state index contributed by atoms with van der Waals surface area (Å²) in [4.78, 5) is 15.4. The van der Waals surface area contributed by atoms with Crippen molar-refractivity contribution in [2.45, 2.75) is 26.3 Å². The molecule has 0 atom stereocenters. The first kappa shape index (κ1) is 12.7. The minimum Gasteiger partial charge on any atom is -0.333 e. The van der Waals surface area contributed by atoms with E-state index in [1.165, 1.54) is 16.7 Å². The van der Waals surface area contributed by atoms with Crippen molar-refractivity contribution >= 4 is 17.2 Å². The Hall–Kier alpha value is -2.36. The Labute approximate surface area is 118 Å². The Balaban J connectivity index is 1.88. The summed E-state index contributed by atoms with van der Waals surface area (Å²) in [7, 11) is 0. The fourth-order valence-electron chi connectivity index (χ4n) is 2.51. The van der Waals surface area contributed by atoms with Crippen LogP contribution in [-0.4, -0.2) is 15.5 Å². The molecule has 0 unspecified atom stereocenters. The number of carbonyl (C=O) groups excluding carboxylic acids is 1. The molecule has 2 aromatic rings. The SMILES string of the molecule is CC=C(Cn1ccnc1)c1ccc2c(c1)CCC(=O)N2. The van der Waals surface area contributed by atoms with Crippen LogP contribution in [0, 0.1) is 0 Å². The van der Waals surface area contributed by atoms with Crippen LogP contribution >= 0.6 is 0 Å². The van der Waals surface area contributed by atoms with Crippen LogP contribution in [0.2, 0.25) is 0 Å². The number of fused-ring (bicyclic) bond motifs is 1. The zero-order valence-corrected chi connectivity index (χ0v) is 11.5. The first-order valence-corrected chi connectivity index (χ1v) is 6.80. The molecule has 0 fully saturated rings. The summed E-state index contributed by atoms with van der Waals surface area (Å²) in [6.07, 6.45) is 9.09. The number of aryl methyl sites for hydroxylation is 1. The molecule has 0 saturated carbocycles. The number of hydrogen-bond donors (Lipinski definition) is 1. The molecule has 1 aliphatic heterocycles. The zero-order valence-electron chi connectivity index (χ0n) is 11.5. The number of allylic oxidation sites excluding steroid dienone is 2. The van der Waals surface area contributed by atoms with Gasteiger partial charge >= 0.3 is 0 Å². The first-order chi connectivity index (χ1) is 9.76. The highest BCUT2D eigenvalue weighted by molar-refractivity contribution is 5.94. The molecule has 1 aromatic heterocycles. The van der Waals surface area contributed by atoms with Crippen molar-refractivity contribution in [1.29, 1.82) is 0 Å². The lowest BCUT2D eigenvalue weighted by molar-refractivity contribution is -0.116. The van der Waals surface area contributed by atoms with E-state index in [-0.39, 0.29) is 5.91 Å². The summed E-state index contributed by atoms with van der Waals surface area (Å²) in [5.41, 5.74) is 4.62. The number of benzene rings is 1. The minimum atomic E-state index is 0.106. The van der Waals surface area contributed by atoms with Gasteiger partial charge in [0.2, 0.25) is 5.91 Å². The smallest absolute Gasteiger partial charge is 0.224 e. The van der Waals surface area contributed by atoms with Crippen molar-refractivity contribution in [1.82, 2.24) is 9.55 Å². The lowest BCUT2D eigenvalue weighted by Gasteiger charge is -2.18. The van der Waals surface area contributed by atoms with Gasteiger partial charge < -0.3 is 9.88 Å². The van der Waals surface area contributed by atoms with Crippen LogP contribution in [0.5, 0.6) is 0 Å². The third-order valence-electron chi connectivity index (χ3n) is 3.63. The Morgan fingerprint density at radius 2 is 2.35 bits per heavy atom. The second-order valence-corrected chi connectivity index (χ2v) is 4.97. The molecule has 20 heavy (non-hydrogen) atoms. The molecule has 1 N–H and O–H groups in total. The van der Waals surface area contributed by atoms with E-state index in [0.29, 0.717) is 6.42 Å². The predicted octanol–water partition coefficient (Wildman–Crippen LogP) is 2.87. The molecule has 1 aromatic carbocycles. The van der Waals surface area contributed by atoms with Gasteiger partial charge in [-0.15, -0.1) is 0 Å². The number of nitrogens with zero attached hydrogens (tertiary/aromatic N) is 2. The summed E-state index contributed by atoms with van der Waals surface area (Å²) in [6.45, 7) is 2.86. The molecule has 0 radical (unpaired) electrons. The van der Waals surface area contributed by atoms with Crippen molar-refractivity contribution in [3.8, 4) is 0 Å². The number of carbonyl (C=O) groups is 1. The van der Waals surface area contributed by atoms with Gasteiger partial charge in [-0.3, -0.25) is 4.79 Å². The van der Waals surface area contributed by atoms with Crippen molar-refractivity contribution < 1.29 is 4.79 Å². The van der Waals surface area contributed by atoms with Gasteiger partial charge in [-0.2, -0.15) is 0 Å². The Bertz CT molecular complexity index is 656. The second kappa shape index (κ2) is 5.33. The summed E-state index contributed by atoms with van der Waals surface area (Å²) < 4.78 is 2.05. The molecule has 3 rings (SSSR count). The molecule has 0 saturated heterocycles. The first-order valence-electron chi connectivity index (χ1n) is 6.80. The molecule has 102 valence electrons. The van der Waals surface area contributed by atoms with E-state index in [1.54, 1.807) is 6.20 Å². The lowest BCUT2D eigenvalue weighted by atomic mass is 9.97. The van der Waals surface area contributed by atoms with Crippen LogP contribution in [0.1, 0.15) is 24.5 Å². The zero-order chi connectivity index (χ0) is 13.9. The molecule has 0 bridgehead atoms. The average Bonchev–Trinajstić information content (AvgIpc) is 2.97. The van der Waals surface area contributed by atoms with Crippen LogP contribution in [0.25, 0.3) is 5.57 Å². The van der Waals surface area contributed by atoms with Gasteiger partial charge in [0.15, 0.2) is 0 Å². The molecular formula is C16H17N3O. The van der Waals surface area contributed by atoms with E-state index in [2.05, 4.69) is 33.1 Å². The van der Waals surface area contributed by atoms with E-state index in [9.17, 15) is 4.79 Å². The standard InChI is InChI=1S/C16H17N3O/c1-2-12(10-19-8-7-17-11-19)13-3-5-15-14(9-13)4-6-16(20)18-15/h2-3,5,7-9,11H,4,6,10H2,1H3,(H,18,20). The van der Waals surface area contributed by atoms with Gasteiger partial charge in [0.1, 0.15) is 0 Å². The Morgan fingerprint density at radius 3 is 3.10 bits per heavy atom. The largest absolute Gasteiger partial charge is 0.333 e. The second-order valence-electron chi connectivity index (χ2n) is 4.97. The van der Waals surface area contributed by atoms with Gasteiger partial charge in [0.25, 0.3) is 0 Å². The van der Waals surface area contributed by atoms with Crippen molar-refractivity contribution in [2.24, 2.45) is 0 Å². The lowest BCUT2D eigenvalue weighted by Crippen LogP contribution is -2.19. The number of amides is 1. The quantitative estimate of drug-likeness (QED) is 0.929. The molecule has 2 heterocycles. The maximum absolute atomic E-state index is 11.4. The molecule has 0 aliphatic carbocycles. The van der Waals surface area contributed by atoms with Crippen LogP contribution in [-0.2, 0) is 17.8 Å². The topological polar surface area (TPSA) is 46.9 Å². The summed E-state index contributed by atoms with van der Waals surface area (Å²) in [5.74, 6) is 0.106. The van der Waals surface area contributed by atoms with Crippen LogP contribution in [0.15, 0.2) is 43.0 Å². The van der Waals surface area contributed by atoms with E-state index >= 15 is 0 Å². The fourth-order valence-corrected chi connectivity index (χ4v) is 2.51. The van der Waals surface area contributed by atoms with Gasteiger partial charge in [-0.25, -0.2) is 4.98 Å². The highest BCUT2D eigenvalue weighted by Crippen LogP contribution is 2.27. The number of anilines is 1. The molecule has 0 spiro atoms. The number of rotatable bonds is 3. The van der Waals surface area contributed by atoms with E-state index in [4.69, 9.17) is 0 Å². The summed E-state index contributed by atoms with van der Waals surface area (Å²) >= 11 is 0. The third-order valence-corrected chi connectivity index (χ3v) is 3.63. The van der Waals surface area contributed by atoms with Crippen LogP contribution in [0.4, 0.5) is 5.69 Å². The molecule has 1 aliphatic rings. The van der Waals surface area contributed by atoms with Crippen LogP contribution < -0.4 is 5.32 Å². The maximum Gasteiger partial charge on any atom is 0.224 e. The minimum absolute atomic E-state index is 0.106. The van der Waals surface area contributed by atoms with E-state index in [0.717, 1.165) is 18.7 Å². The number of nitrogens with one attached hydrogen (secondary N) is 1. The van der Waals surface area contributed by atoms with E-state index in [1.807, 2.05) is 25.5 Å². The molecular weight excluding hydrogens is 250 g/mol. The number of imidazole rings is 1. The Morgan fingerprint density at radius 1 is 1.45 bits per heavy atom. The molecule has 4 nitrogen and oxygen atoms in total. The third kappa shape index (κ3) is 2.50. The predicted molar refractivity (Wildman–Crippen MR) is 79.3 cm³/mol. The van der Waals surface area contributed by atoms with Gasteiger partial charge in [-0.05, 0) is 42.2 Å². The van der Waals surface area contributed by atoms with Crippen LogP contribution in [0.3, 0.4) is 0 Å². The van der Waals surface area contributed by atoms with Gasteiger partial charge in [-0.1, -0.05) is 12.1 Å². The number of hydrogen-bond acceptors (Lipinski definition) is 2. The fraction of sp³-hybridized carbons (Fsp3) is 0.250. The molecule has 4 heteroatoms. The highest BCUT2D eigenvalue weighted by atomic mass is 16.1. The van der Waals surface area contributed by atoms with E-state index < -0.39 is 0 Å². The average molecular weight is 267 g/mol. The highest BCUT2D eigenvalue weighted by Gasteiger charge is 2.15. The monoisotopic (exact) mass is 267 g/mol. The van der Waals surface area contributed by atoms with Gasteiger partial charge in [0.05, 0.1) is 6.33 Å². The van der Waals surface area contributed by atoms with Crippen molar-refractivity contribution in [3.63, 3.8) is 0 Å². The van der Waals surface area contributed by atoms with Crippen molar-refractivity contribution in [2.75, 3.05) is 5.32 Å². The normalized spacial score (nSPS) is 14.8.